The average molecular weight is 246 g/mol. The first-order valence-corrected chi connectivity index (χ1v) is 5.42. The zero-order chi connectivity index (χ0) is 12.8. The molecule has 0 saturated carbocycles. The highest BCUT2D eigenvalue weighted by molar-refractivity contribution is 5.33. The highest BCUT2D eigenvalue weighted by atomic mass is 16.5. The summed E-state index contributed by atoms with van der Waals surface area (Å²) in [7, 11) is 0. The molecule has 0 unspecified atom stereocenters. The predicted molar refractivity (Wildman–Crippen MR) is 66.5 cm³/mol. The molecule has 0 spiro atoms. The highest BCUT2D eigenvalue weighted by Gasteiger charge is 2.03. The second-order valence-corrected chi connectivity index (χ2v) is 3.59. The van der Waals surface area contributed by atoms with Gasteiger partial charge in [-0.2, -0.15) is 0 Å². The summed E-state index contributed by atoms with van der Waals surface area (Å²) in [6.07, 6.45) is 3.10. The maximum atomic E-state index is 9.15. The Morgan fingerprint density at radius 2 is 2.06 bits per heavy atom. The van der Waals surface area contributed by atoms with Gasteiger partial charge in [0.2, 0.25) is 0 Å². The Balaban J connectivity index is 2.02. The molecular weight excluding hydrogens is 232 g/mol. The third-order valence-electron chi connectivity index (χ3n) is 2.37. The third kappa shape index (κ3) is 2.93. The van der Waals surface area contributed by atoms with E-state index in [9.17, 15) is 0 Å². The lowest BCUT2D eigenvalue weighted by molar-refractivity contribution is 0.257. The van der Waals surface area contributed by atoms with Gasteiger partial charge < -0.3 is 15.3 Å². The number of anilines is 1. The Bertz CT molecular complexity index is 502. The van der Waals surface area contributed by atoms with Crippen LogP contribution in [0.1, 0.15) is 11.3 Å². The molecule has 0 aliphatic carbocycles. The molecule has 0 atom stereocenters. The van der Waals surface area contributed by atoms with Crippen LogP contribution in [0.2, 0.25) is 0 Å². The molecule has 2 rings (SSSR count). The summed E-state index contributed by atoms with van der Waals surface area (Å²) < 4.78 is 5.57. The van der Waals surface area contributed by atoms with Crippen molar-refractivity contribution in [2.75, 3.05) is 5.43 Å². The number of para-hydroxylation sites is 1. The highest BCUT2D eigenvalue weighted by Crippen LogP contribution is 2.18. The van der Waals surface area contributed by atoms with Gasteiger partial charge >= 0.3 is 0 Å². The van der Waals surface area contributed by atoms with E-state index >= 15 is 0 Å². The van der Waals surface area contributed by atoms with Crippen LogP contribution in [0.4, 0.5) is 5.82 Å². The Morgan fingerprint density at radius 1 is 1.22 bits per heavy atom. The number of ether oxygens (including phenoxy) is 1. The number of rotatable bonds is 5. The molecule has 2 aromatic rings. The van der Waals surface area contributed by atoms with Gasteiger partial charge in [-0.15, -0.1) is 0 Å². The molecule has 0 bridgehead atoms. The average Bonchev–Trinajstić information content (AvgIpc) is 2.46. The molecule has 6 nitrogen and oxygen atoms in total. The van der Waals surface area contributed by atoms with Gasteiger partial charge in [-0.05, 0) is 6.07 Å². The van der Waals surface area contributed by atoms with E-state index in [-0.39, 0.29) is 13.2 Å². The number of hydrogen-bond donors (Lipinski definition) is 3. The van der Waals surface area contributed by atoms with Crippen molar-refractivity contribution < 1.29 is 9.84 Å². The van der Waals surface area contributed by atoms with Gasteiger partial charge in [-0.1, -0.05) is 18.2 Å². The van der Waals surface area contributed by atoms with Crippen molar-refractivity contribution in [1.82, 2.24) is 9.97 Å². The van der Waals surface area contributed by atoms with E-state index in [1.807, 2.05) is 18.2 Å². The van der Waals surface area contributed by atoms with Crippen LogP contribution in [0.25, 0.3) is 0 Å². The first-order chi connectivity index (χ1) is 8.83. The van der Waals surface area contributed by atoms with Crippen LogP contribution in [-0.2, 0) is 13.2 Å². The number of aromatic nitrogens is 2. The maximum absolute atomic E-state index is 9.15. The zero-order valence-electron chi connectivity index (χ0n) is 9.71. The van der Waals surface area contributed by atoms with Crippen molar-refractivity contribution in [3.8, 4) is 5.75 Å². The van der Waals surface area contributed by atoms with Crippen molar-refractivity contribution in [2.45, 2.75) is 13.2 Å². The fourth-order valence-corrected chi connectivity index (χ4v) is 1.43. The summed E-state index contributed by atoms with van der Waals surface area (Å²) in [5.74, 6) is 6.33. The molecular formula is C12H14N4O2. The number of hydrazine groups is 1. The molecule has 4 N–H and O–H groups in total. The molecule has 0 radical (unpaired) electrons. The molecule has 0 aliphatic heterocycles. The number of nitrogens with two attached hydrogens (primary N) is 1. The van der Waals surface area contributed by atoms with Crippen LogP contribution in [0.15, 0.2) is 36.7 Å². The summed E-state index contributed by atoms with van der Waals surface area (Å²) in [5, 5.41) is 9.15. The molecule has 0 saturated heterocycles. The van der Waals surface area contributed by atoms with Gasteiger partial charge in [-0.25, -0.2) is 10.8 Å². The molecule has 6 heteroatoms. The Morgan fingerprint density at radius 3 is 2.72 bits per heavy atom. The summed E-state index contributed by atoms with van der Waals surface area (Å²) in [6, 6.07) is 7.30. The van der Waals surface area contributed by atoms with Crippen molar-refractivity contribution in [3.05, 3.63) is 47.9 Å². The van der Waals surface area contributed by atoms with Gasteiger partial charge in [0.15, 0.2) is 5.82 Å². The summed E-state index contributed by atoms with van der Waals surface area (Å²) in [5.41, 5.74) is 3.82. The summed E-state index contributed by atoms with van der Waals surface area (Å²) >= 11 is 0. The third-order valence-corrected chi connectivity index (χ3v) is 2.37. The lowest BCUT2D eigenvalue weighted by Crippen LogP contribution is -2.09. The number of aliphatic hydroxyl groups excluding tert-OH is 1. The van der Waals surface area contributed by atoms with Crippen molar-refractivity contribution in [3.63, 3.8) is 0 Å². The molecule has 18 heavy (non-hydrogen) atoms. The van der Waals surface area contributed by atoms with Crippen LogP contribution in [0.5, 0.6) is 5.75 Å². The SMILES string of the molecule is NNc1cnc(COc2ccccc2CO)cn1. The van der Waals surface area contributed by atoms with Crippen LogP contribution in [0.3, 0.4) is 0 Å². The van der Waals surface area contributed by atoms with Gasteiger partial charge in [0, 0.05) is 5.56 Å². The van der Waals surface area contributed by atoms with Gasteiger partial charge in [0.1, 0.15) is 12.4 Å². The molecule has 1 aromatic heterocycles. The van der Waals surface area contributed by atoms with Gasteiger partial charge in [-0.3, -0.25) is 4.98 Å². The van der Waals surface area contributed by atoms with Crippen LogP contribution in [-0.4, -0.2) is 15.1 Å². The van der Waals surface area contributed by atoms with Crippen molar-refractivity contribution >= 4 is 5.82 Å². The predicted octanol–water partition coefficient (Wildman–Crippen LogP) is 0.834. The van der Waals surface area contributed by atoms with E-state index in [0.717, 1.165) is 5.56 Å². The Labute approximate surface area is 104 Å². The number of aliphatic hydroxyl groups is 1. The largest absolute Gasteiger partial charge is 0.487 e. The number of nitrogens with one attached hydrogen (secondary N) is 1. The zero-order valence-corrected chi connectivity index (χ0v) is 9.71. The van der Waals surface area contributed by atoms with E-state index < -0.39 is 0 Å². The van der Waals surface area contributed by atoms with Gasteiger partial charge in [0.05, 0.1) is 24.7 Å². The maximum Gasteiger partial charge on any atom is 0.158 e. The first-order valence-electron chi connectivity index (χ1n) is 5.42. The monoisotopic (exact) mass is 246 g/mol. The van der Waals surface area contributed by atoms with Crippen LogP contribution in [0, 0.1) is 0 Å². The topological polar surface area (TPSA) is 93.3 Å². The lowest BCUT2D eigenvalue weighted by Gasteiger charge is -2.09. The minimum atomic E-state index is -0.0577. The second-order valence-electron chi connectivity index (χ2n) is 3.59. The number of nitrogen functional groups attached to an aromatic ring is 1. The van der Waals surface area contributed by atoms with E-state index in [4.69, 9.17) is 15.7 Å². The normalized spacial score (nSPS) is 10.1. The molecule has 1 aromatic carbocycles. The quantitative estimate of drug-likeness (QED) is 0.534. The van der Waals surface area contributed by atoms with Crippen LogP contribution < -0.4 is 16.0 Å². The molecule has 94 valence electrons. The van der Waals surface area contributed by atoms with E-state index in [0.29, 0.717) is 17.3 Å². The molecule has 0 amide bonds. The molecule has 0 fully saturated rings. The minimum Gasteiger partial charge on any atom is -0.487 e. The lowest BCUT2D eigenvalue weighted by atomic mass is 10.2. The van der Waals surface area contributed by atoms with Crippen LogP contribution >= 0.6 is 0 Å². The minimum absolute atomic E-state index is 0.0577. The summed E-state index contributed by atoms with van der Waals surface area (Å²) in [4.78, 5) is 8.15. The van der Waals surface area contributed by atoms with Crippen molar-refractivity contribution in [1.29, 1.82) is 0 Å². The molecule has 0 aliphatic rings. The van der Waals surface area contributed by atoms with E-state index in [1.54, 1.807) is 12.3 Å². The number of benzene rings is 1. The smallest absolute Gasteiger partial charge is 0.158 e. The fraction of sp³-hybridized carbons (Fsp3) is 0.167. The Kier molecular flexibility index (Phi) is 4.06. The molecule has 1 heterocycles. The van der Waals surface area contributed by atoms with Gasteiger partial charge in [0.25, 0.3) is 0 Å². The van der Waals surface area contributed by atoms with Crippen molar-refractivity contribution in [2.24, 2.45) is 5.84 Å². The Hall–Kier alpha value is -2.18. The number of hydrogen-bond acceptors (Lipinski definition) is 6. The first kappa shape index (κ1) is 12.3. The number of nitrogens with zero attached hydrogens (tertiary/aromatic N) is 2. The second kappa shape index (κ2) is 5.95. The summed E-state index contributed by atoms with van der Waals surface area (Å²) in [6.45, 7) is 0.229. The van der Waals surface area contributed by atoms with E-state index in [1.165, 1.54) is 6.20 Å². The standard InChI is InChI=1S/C12H14N4O2/c13-16-12-6-14-10(5-15-12)8-18-11-4-2-1-3-9(11)7-17/h1-6,17H,7-8,13H2,(H,15,16). The fourth-order valence-electron chi connectivity index (χ4n) is 1.43. The van der Waals surface area contributed by atoms with E-state index in [2.05, 4.69) is 15.4 Å².